The van der Waals surface area contributed by atoms with Crippen molar-refractivity contribution in [3.05, 3.63) is 58.9 Å². The van der Waals surface area contributed by atoms with Gasteiger partial charge < -0.3 is 20.1 Å². The molecule has 2 aromatic carbocycles. The van der Waals surface area contributed by atoms with Gasteiger partial charge in [-0.2, -0.15) is 0 Å². The van der Waals surface area contributed by atoms with Gasteiger partial charge in [0.05, 0.1) is 13.7 Å². The van der Waals surface area contributed by atoms with Crippen molar-refractivity contribution in [1.82, 2.24) is 10.6 Å². The minimum Gasteiger partial charge on any atom is -0.493 e. The molecule has 2 rings (SSSR count). The van der Waals surface area contributed by atoms with E-state index in [2.05, 4.69) is 15.6 Å². The van der Waals surface area contributed by atoms with E-state index in [0.717, 1.165) is 16.9 Å². The first-order valence-corrected chi connectivity index (χ1v) is 8.56. The predicted octanol–water partition coefficient (Wildman–Crippen LogP) is 4.02. The molecular formula is C20H27FIN3O2. The highest BCUT2D eigenvalue weighted by Gasteiger charge is 2.06. The Morgan fingerprint density at radius 3 is 2.22 bits per heavy atom. The maximum atomic E-state index is 13.3. The maximum absolute atomic E-state index is 13.3. The number of methoxy groups -OCH3 is 1. The third-order valence-corrected chi connectivity index (χ3v) is 3.89. The molecule has 0 heterocycles. The summed E-state index contributed by atoms with van der Waals surface area (Å²) in [6, 6.07) is 10.9. The van der Waals surface area contributed by atoms with Gasteiger partial charge in [-0.1, -0.05) is 18.2 Å². The van der Waals surface area contributed by atoms with E-state index >= 15 is 0 Å². The van der Waals surface area contributed by atoms with Gasteiger partial charge in [-0.25, -0.2) is 4.39 Å². The fraction of sp³-hybridized carbons (Fsp3) is 0.350. The molecule has 0 aliphatic heterocycles. The summed E-state index contributed by atoms with van der Waals surface area (Å²) in [7, 11) is 3.34. The molecule has 0 atom stereocenters. The van der Waals surface area contributed by atoms with Gasteiger partial charge in [0.15, 0.2) is 17.5 Å². The number of benzene rings is 2. The number of hydrogen-bond donors (Lipinski definition) is 2. The lowest BCUT2D eigenvalue weighted by atomic mass is 10.1. The Hall–Kier alpha value is -2.03. The lowest BCUT2D eigenvalue weighted by molar-refractivity contribution is 0.310. The molecule has 0 aliphatic rings. The largest absolute Gasteiger partial charge is 0.493 e. The zero-order valence-electron chi connectivity index (χ0n) is 16.1. The van der Waals surface area contributed by atoms with Crippen molar-refractivity contribution >= 4 is 29.9 Å². The minimum absolute atomic E-state index is 0. The first kappa shape index (κ1) is 23.0. The monoisotopic (exact) mass is 487 g/mol. The van der Waals surface area contributed by atoms with E-state index in [1.807, 2.05) is 31.2 Å². The van der Waals surface area contributed by atoms with Crippen molar-refractivity contribution in [2.45, 2.75) is 26.9 Å². The Balaban J connectivity index is 0.00000364. The second kappa shape index (κ2) is 11.6. The van der Waals surface area contributed by atoms with Crippen molar-refractivity contribution in [3.8, 4) is 11.5 Å². The van der Waals surface area contributed by atoms with E-state index in [-0.39, 0.29) is 29.8 Å². The van der Waals surface area contributed by atoms with E-state index in [1.54, 1.807) is 27.1 Å². The number of rotatable bonds is 7. The second-order valence-corrected chi connectivity index (χ2v) is 5.78. The van der Waals surface area contributed by atoms with E-state index in [0.29, 0.717) is 37.0 Å². The normalized spacial score (nSPS) is 10.8. The van der Waals surface area contributed by atoms with Crippen LogP contribution in [-0.2, 0) is 13.1 Å². The van der Waals surface area contributed by atoms with Gasteiger partial charge in [-0.05, 0) is 48.7 Å². The van der Waals surface area contributed by atoms with Gasteiger partial charge in [0.25, 0.3) is 0 Å². The fourth-order valence-corrected chi connectivity index (χ4v) is 2.51. The second-order valence-electron chi connectivity index (χ2n) is 5.78. The molecule has 7 heteroatoms. The van der Waals surface area contributed by atoms with Gasteiger partial charge in [0.2, 0.25) is 0 Å². The van der Waals surface area contributed by atoms with Crippen LogP contribution in [0.25, 0.3) is 0 Å². The number of halogens is 2. The van der Waals surface area contributed by atoms with Crippen LogP contribution in [0, 0.1) is 12.7 Å². The average Bonchev–Trinajstić information content (AvgIpc) is 2.65. The molecule has 148 valence electrons. The summed E-state index contributed by atoms with van der Waals surface area (Å²) >= 11 is 0. The van der Waals surface area contributed by atoms with E-state index in [4.69, 9.17) is 9.47 Å². The Morgan fingerprint density at radius 1 is 1.04 bits per heavy atom. The van der Waals surface area contributed by atoms with Crippen LogP contribution in [0.5, 0.6) is 11.5 Å². The number of nitrogens with zero attached hydrogens (tertiary/aromatic N) is 1. The van der Waals surface area contributed by atoms with Crippen molar-refractivity contribution in [1.29, 1.82) is 0 Å². The molecule has 0 unspecified atom stereocenters. The third kappa shape index (κ3) is 6.89. The van der Waals surface area contributed by atoms with Crippen LogP contribution in [0.4, 0.5) is 4.39 Å². The SMILES string of the molecule is CCOc1ccc(CNC(=NC)NCc2ccc(F)c(C)c2)cc1OC.I. The molecule has 0 fully saturated rings. The first-order valence-electron chi connectivity index (χ1n) is 8.56. The third-order valence-electron chi connectivity index (χ3n) is 3.89. The van der Waals surface area contributed by atoms with Gasteiger partial charge >= 0.3 is 0 Å². The number of hydrogen-bond acceptors (Lipinski definition) is 3. The van der Waals surface area contributed by atoms with Crippen LogP contribution in [0.3, 0.4) is 0 Å². The first-order chi connectivity index (χ1) is 12.6. The van der Waals surface area contributed by atoms with Gasteiger partial charge in [-0.15, -0.1) is 24.0 Å². The molecule has 0 aliphatic carbocycles. The van der Waals surface area contributed by atoms with Gasteiger partial charge in [-0.3, -0.25) is 4.99 Å². The molecule has 0 radical (unpaired) electrons. The fourth-order valence-electron chi connectivity index (χ4n) is 2.51. The van der Waals surface area contributed by atoms with E-state index in [1.165, 1.54) is 6.07 Å². The van der Waals surface area contributed by atoms with Crippen molar-refractivity contribution in [2.24, 2.45) is 4.99 Å². The Kier molecular flexibility index (Phi) is 9.92. The van der Waals surface area contributed by atoms with Crippen LogP contribution < -0.4 is 20.1 Å². The van der Waals surface area contributed by atoms with Crippen molar-refractivity contribution < 1.29 is 13.9 Å². The summed E-state index contributed by atoms with van der Waals surface area (Å²) in [6.45, 7) is 5.43. The molecule has 0 saturated heterocycles. The number of nitrogens with one attached hydrogen (secondary N) is 2. The highest BCUT2D eigenvalue weighted by atomic mass is 127. The zero-order valence-corrected chi connectivity index (χ0v) is 18.5. The van der Waals surface area contributed by atoms with Crippen molar-refractivity contribution in [2.75, 3.05) is 20.8 Å². The number of aliphatic imine (C=N–C) groups is 1. The Morgan fingerprint density at radius 2 is 1.67 bits per heavy atom. The van der Waals surface area contributed by atoms with Crippen molar-refractivity contribution in [3.63, 3.8) is 0 Å². The molecular weight excluding hydrogens is 460 g/mol. The maximum Gasteiger partial charge on any atom is 0.191 e. The topological polar surface area (TPSA) is 54.9 Å². The molecule has 5 nitrogen and oxygen atoms in total. The molecule has 0 amide bonds. The summed E-state index contributed by atoms with van der Waals surface area (Å²) in [5.41, 5.74) is 2.68. The Bertz CT molecular complexity index is 769. The summed E-state index contributed by atoms with van der Waals surface area (Å²) in [6.07, 6.45) is 0. The molecule has 0 spiro atoms. The lowest BCUT2D eigenvalue weighted by Crippen LogP contribution is -2.36. The Labute approximate surface area is 177 Å². The molecule has 0 bridgehead atoms. The van der Waals surface area contributed by atoms with Gasteiger partial charge in [0.1, 0.15) is 5.82 Å². The van der Waals surface area contributed by atoms with Gasteiger partial charge in [0, 0.05) is 20.1 Å². The summed E-state index contributed by atoms with van der Waals surface area (Å²) in [5, 5.41) is 6.48. The minimum atomic E-state index is -0.194. The molecule has 2 N–H and O–H groups in total. The zero-order chi connectivity index (χ0) is 18.9. The number of ether oxygens (including phenoxy) is 2. The average molecular weight is 487 g/mol. The van der Waals surface area contributed by atoms with Crippen LogP contribution in [0.15, 0.2) is 41.4 Å². The summed E-state index contributed by atoms with van der Waals surface area (Å²) in [5.74, 6) is 1.91. The summed E-state index contributed by atoms with van der Waals surface area (Å²) in [4.78, 5) is 4.21. The molecule has 27 heavy (non-hydrogen) atoms. The standard InChI is InChI=1S/C20H26FN3O2.HI/c1-5-26-18-9-7-16(11-19(18)25-4)13-24-20(22-3)23-12-15-6-8-17(21)14(2)10-15;/h6-11H,5,12-13H2,1-4H3,(H2,22,23,24);1H. The predicted molar refractivity (Wildman–Crippen MR) is 118 cm³/mol. The quantitative estimate of drug-likeness (QED) is 0.352. The summed E-state index contributed by atoms with van der Waals surface area (Å²) < 4.78 is 24.2. The molecule has 2 aromatic rings. The van der Waals surface area contributed by atoms with E-state index < -0.39 is 0 Å². The van der Waals surface area contributed by atoms with Crippen LogP contribution in [0.2, 0.25) is 0 Å². The highest BCUT2D eigenvalue weighted by Crippen LogP contribution is 2.27. The van der Waals surface area contributed by atoms with Crippen LogP contribution in [0.1, 0.15) is 23.6 Å². The molecule has 0 aromatic heterocycles. The molecule has 0 saturated carbocycles. The van der Waals surface area contributed by atoms with Crippen LogP contribution >= 0.6 is 24.0 Å². The highest BCUT2D eigenvalue weighted by molar-refractivity contribution is 14.0. The lowest BCUT2D eigenvalue weighted by Gasteiger charge is -2.14. The smallest absolute Gasteiger partial charge is 0.191 e. The van der Waals surface area contributed by atoms with Crippen LogP contribution in [-0.4, -0.2) is 26.7 Å². The number of guanidine groups is 1. The van der Waals surface area contributed by atoms with E-state index in [9.17, 15) is 4.39 Å². The number of aryl methyl sites for hydroxylation is 1.